The Morgan fingerprint density at radius 2 is 1.78 bits per heavy atom. The van der Waals surface area contributed by atoms with Gasteiger partial charge in [-0.05, 0) is 61.6 Å². The van der Waals surface area contributed by atoms with Crippen LogP contribution in [0.1, 0.15) is 60.0 Å². The maximum Gasteiger partial charge on any atom is 0.416 e. The Balaban J connectivity index is 1.65. The molecule has 3 rings (SSSR count). The SMILES string of the molecule is COC(=O)C(Cc1ccc(NC(=O)c2cc(C(F)(F)F)ccc2Cl)cc1)NC(=S)C1(CCCCS(C)(=O)=O)CCC1. The van der Waals surface area contributed by atoms with Crippen molar-refractivity contribution in [2.45, 2.75) is 57.2 Å². The summed E-state index contributed by atoms with van der Waals surface area (Å²) in [7, 11) is -1.75. The summed E-state index contributed by atoms with van der Waals surface area (Å²) >= 11 is 11.7. The number of esters is 1. The van der Waals surface area contributed by atoms with E-state index in [1.807, 2.05) is 0 Å². The highest BCUT2D eigenvalue weighted by atomic mass is 35.5. The van der Waals surface area contributed by atoms with Gasteiger partial charge in [0, 0.05) is 29.5 Å². The van der Waals surface area contributed by atoms with Crippen LogP contribution in [0.4, 0.5) is 18.9 Å². The van der Waals surface area contributed by atoms with Crippen molar-refractivity contribution >= 4 is 56.2 Å². The third kappa shape index (κ3) is 9.14. The van der Waals surface area contributed by atoms with Gasteiger partial charge in [0.2, 0.25) is 0 Å². The Morgan fingerprint density at radius 1 is 1.12 bits per heavy atom. The molecule has 7 nitrogen and oxygen atoms in total. The molecule has 1 aliphatic rings. The molecule has 224 valence electrons. The number of thiocarbonyl (C=S) groups is 1. The van der Waals surface area contributed by atoms with E-state index in [0.717, 1.165) is 43.4 Å². The number of amides is 1. The second-order valence-electron chi connectivity index (χ2n) is 10.3. The Labute approximate surface area is 248 Å². The lowest BCUT2D eigenvalue weighted by Gasteiger charge is -2.43. The van der Waals surface area contributed by atoms with Crippen molar-refractivity contribution in [1.29, 1.82) is 0 Å². The first-order chi connectivity index (χ1) is 19.1. The zero-order valence-corrected chi connectivity index (χ0v) is 25.0. The van der Waals surface area contributed by atoms with Crippen molar-refractivity contribution < 1.29 is 35.9 Å². The molecule has 0 spiro atoms. The summed E-state index contributed by atoms with van der Waals surface area (Å²) in [6.07, 6.45) is 1.51. The van der Waals surface area contributed by atoms with Crippen molar-refractivity contribution in [2.75, 3.05) is 24.4 Å². The van der Waals surface area contributed by atoms with Crippen LogP contribution in [0.5, 0.6) is 0 Å². The van der Waals surface area contributed by atoms with Crippen LogP contribution in [0.25, 0.3) is 0 Å². The minimum Gasteiger partial charge on any atom is -0.467 e. The van der Waals surface area contributed by atoms with Gasteiger partial charge in [0.15, 0.2) is 0 Å². The van der Waals surface area contributed by atoms with Crippen LogP contribution in [-0.2, 0) is 32.0 Å². The first-order valence-corrected chi connectivity index (χ1v) is 15.8. The molecule has 1 unspecified atom stereocenters. The molecular weight excluding hydrogens is 601 g/mol. The number of ether oxygens (including phenoxy) is 1. The predicted molar refractivity (Wildman–Crippen MR) is 156 cm³/mol. The molecule has 13 heteroatoms. The third-order valence-electron chi connectivity index (χ3n) is 7.19. The number of anilines is 1. The first kappa shape index (κ1) is 32.8. The van der Waals surface area contributed by atoms with Gasteiger partial charge < -0.3 is 15.4 Å². The minimum absolute atomic E-state index is 0.116. The van der Waals surface area contributed by atoms with Crippen LogP contribution in [-0.4, -0.2) is 50.4 Å². The Kier molecular flexibility index (Phi) is 10.8. The number of halogens is 4. The molecule has 1 aliphatic carbocycles. The second kappa shape index (κ2) is 13.5. The molecule has 1 fully saturated rings. The molecule has 1 saturated carbocycles. The average molecular weight is 633 g/mol. The van der Waals surface area contributed by atoms with Gasteiger partial charge in [0.25, 0.3) is 5.91 Å². The number of benzene rings is 2. The van der Waals surface area contributed by atoms with Gasteiger partial charge in [-0.2, -0.15) is 13.2 Å². The maximum absolute atomic E-state index is 13.1. The summed E-state index contributed by atoms with van der Waals surface area (Å²) in [5, 5.41) is 5.59. The number of nitrogens with one attached hydrogen (secondary N) is 2. The van der Waals surface area contributed by atoms with Gasteiger partial charge in [-0.3, -0.25) is 4.79 Å². The fourth-order valence-corrected chi connectivity index (χ4v) is 6.08. The quantitative estimate of drug-likeness (QED) is 0.168. The topological polar surface area (TPSA) is 102 Å². The van der Waals surface area contributed by atoms with Crippen molar-refractivity contribution in [3.63, 3.8) is 0 Å². The number of sulfone groups is 1. The van der Waals surface area contributed by atoms with Crippen LogP contribution in [0.2, 0.25) is 5.02 Å². The van der Waals surface area contributed by atoms with Gasteiger partial charge in [0.05, 0.1) is 28.2 Å². The number of methoxy groups -OCH3 is 1. The molecule has 2 N–H and O–H groups in total. The largest absolute Gasteiger partial charge is 0.467 e. The van der Waals surface area contributed by atoms with Crippen molar-refractivity contribution in [3.8, 4) is 0 Å². The number of alkyl halides is 3. The summed E-state index contributed by atoms with van der Waals surface area (Å²) in [5.41, 5.74) is -0.526. The summed E-state index contributed by atoms with van der Waals surface area (Å²) in [4.78, 5) is 25.8. The Bertz CT molecular complexity index is 1380. The molecular formula is C28H32ClF3N2O5S2. The minimum atomic E-state index is -4.62. The van der Waals surface area contributed by atoms with Gasteiger partial charge in [-0.15, -0.1) is 0 Å². The van der Waals surface area contributed by atoms with Crippen molar-refractivity contribution in [2.24, 2.45) is 5.41 Å². The predicted octanol–water partition coefficient (Wildman–Crippen LogP) is 6.00. The number of rotatable bonds is 12. The number of hydrogen-bond donors (Lipinski definition) is 2. The highest BCUT2D eigenvalue weighted by Gasteiger charge is 2.41. The van der Waals surface area contributed by atoms with Crippen LogP contribution < -0.4 is 10.6 Å². The van der Waals surface area contributed by atoms with Crippen molar-refractivity contribution in [1.82, 2.24) is 5.32 Å². The van der Waals surface area contributed by atoms with Crippen LogP contribution >= 0.6 is 23.8 Å². The molecule has 2 aromatic carbocycles. The lowest BCUT2D eigenvalue weighted by atomic mass is 9.65. The van der Waals surface area contributed by atoms with E-state index >= 15 is 0 Å². The maximum atomic E-state index is 13.1. The number of carbonyl (C=O) groups is 2. The number of hydrogen-bond acceptors (Lipinski definition) is 6. The molecule has 0 heterocycles. The normalized spacial score (nSPS) is 15.4. The van der Waals surface area contributed by atoms with E-state index in [0.29, 0.717) is 29.6 Å². The number of unbranched alkanes of at least 4 members (excludes halogenated alkanes) is 1. The molecule has 1 amide bonds. The Hall–Kier alpha value is -2.70. The second-order valence-corrected chi connectivity index (χ2v) is 13.4. The van der Waals surface area contributed by atoms with E-state index in [2.05, 4.69) is 10.6 Å². The van der Waals surface area contributed by atoms with Gasteiger partial charge >= 0.3 is 12.1 Å². The summed E-state index contributed by atoms with van der Waals surface area (Å²) < 4.78 is 67.0. The third-order valence-corrected chi connectivity index (χ3v) is 9.10. The first-order valence-electron chi connectivity index (χ1n) is 13.0. The lowest BCUT2D eigenvalue weighted by Crippen LogP contribution is -2.51. The fraction of sp³-hybridized carbons (Fsp3) is 0.464. The molecule has 0 bridgehead atoms. The van der Waals surface area contributed by atoms with Crippen LogP contribution in [0, 0.1) is 5.41 Å². The van der Waals surface area contributed by atoms with Gasteiger partial charge in [-0.25, -0.2) is 13.2 Å². The zero-order valence-electron chi connectivity index (χ0n) is 22.6. The molecule has 0 radical (unpaired) electrons. The van der Waals surface area contributed by atoms with Gasteiger partial charge in [-0.1, -0.05) is 48.8 Å². The van der Waals surface area contributed by atoms with E-state index in [1.54, 1.807) is 24.3 Å². The molecule has 0 saturated heterocycles. The summed E-state index contributed by atoms with van der Waals surface area (Å²) in [6, 6.07) is 8.23. The smallest absolute Gasteiger partial charge is 0.416 e. The van der Waals surface area contributed by atoms with Crippen LogP contribution in [0.3, 0.4) is 0 Å². The molecule has 1 atom stereocenters. The lowest BCUT2D eigenvalue weighted by molar-refractivity contribution is -0.142. The Morgan fingerprint density at radius 3 is 2.32 bits per heavy atom. The van der Waals surface area contributed by atoms with E-state index in [-0.39, 0.29) is 28.2 Å². The highest BCUT2D eigenvalue weighted by molar-refractivity contribution is 7.90. The van der Waals surface area contributed by atoms with E-state index < -0.39 is 39.5 Å². The summed E-state index contributed by atoms with van der Waals surface area (Å²) in [5.74, 6) is -1.18. The summed E-state index contributed by atoms with van der Waals surface area (Å²) in [6.45, 7) is 0. The van der Waals surface area contributed by atoms with E-state index in [4.69, 9.17) is 28.6 Å². The van der Waals surface area contributed by atoms with E-state index in [1.165, 1.54) is 13.4 Å². The fourth-order valence-electron chi connectivity index (χ4n) is 4.70. The molecule has 0 aliphatic heterocycles. The number of carbonyl (C=O) groups excluding carboxylic acids is 2. The van der Waals surface area contributed by atoms with Crippen LogP contribution in [0.15, 0.2) is 42.5 Å². The average Bonchev–Trinajstić information content (AvgIpc) is 2.86. The zero-order chi connectivity index (χ0) is 30.4. The molecule has 2 aromatic rings. The van der Waals surface area contributed by atoms with Crippen molar-refractivity contribution in [3.05, 3.63) is 64.2 Å². The monoisotopic (exact) mass is 632 g/mol. The molecule has 41 heavy (non-hydrogen) atoms. The molecule has 0 aromatic heterocycles. The highest BCUT2D eigenvalue weighted by Crippen LogP contribution is 2.46. The van der Waals surface area contributed by atoms with E-state index in [9.17, 15) is 31.2 Å². The standard InChI is InChI=1S/C28H32ClF3N2O5S2/c1-39-25(36)23(34-26(40)27(13-5-14-27)12-3-4-15-41(2,37)38)16-18-6-9-20(10-7-18)33-24(35)21-17-19(28(30,31)32)8-11-22(21)29/h6-11,17,23H,3-5,12-16H2,1-2H3,(H,33,35)(H,34,40). The van der Waals surface area contributed by atoms with Gasteiger partial charge in [0.1, 0.15) is 15.9 Å².